The van der Waals surface area contributed by atoms with Crippen molar-refractivity contribution in [2.75, 3.05) is 20.8 Å². The molecule has 1 amide bonds. The molecule has 3 aromatic rings. The van der Waals surface area contributed by atoms with E-state index in [0.717, 1.165) is 11.1 Å². The lowest BCUT2D eigenvalue weighted by Gasteiger charge is -2.15. The van der Waals surface area contributed by atoms with Crippen LogP contribution in [0.3, 0.4) is 0 Å². The highest BCUT2D eigenvalue weighted by Gasteiger charge is 2.20. The largest absolute Gasteiger partial charge is 0.493 e. The van der Waals surface area contributed by atoms with E-state index in [2.05, 4.69) is 0 Å². The first kappa shape index (κ1) is 22.7. The molecular formula is C23H23NO8. The molecule has 2 aromatic carbocycles. The molecule has 0 saturated carbocycles. The van der Waals surface area contributed by atoms with E-state index in [4.69, 9.17) is 29.1 Å². The first-order chi connectivity index (χ1) is 15.2. The molecule has 0 radical (unpaired) electrons. The van der Waals surface area contributed by atoms with Gasteiger partial charge in [-0.1, -0.05) is 12.1 Å². The molecule has 32 heavy (non-hydrogen) atoms. The molecule has 2 N–H and O–H groups in total. The zero-order valence-corrected chi connectivity index (χ0v) is 18.1. The van der Waals surface area contributed by atoms with Gasteiger partial charge in [-0.15, -0.1) is 0 Å². The van der Waals surface area contributed by atoms with Crippen LogP contribution in [0.4, 0.5) is 0 Å². The summed E-state index contributed by atoms with van der Waals surface area (Å²) in [4.78, 5) is 35.8. The standard InChI is InChI=1S/C23H23NO8/c1-12-5-6-16-15(9-20(26)32-21(16)13(12)2)10-31-23(27)14-7-17(28-3)22(18(8-14)29-4)30-11-19(24)25/h5-9H,10-11H2,1-4H3,(H2,24,25). The topological polar surface area (TPSA) is 127 Å². The average molecular weight is 441 g/mol. The van der Waals surface area contributed by atoms with Gasteiger partial charge >= 0.3 is 11.6 Å². The fraction of sp³-hybridized carbons (Fsp3) is 0.261. The third kappa shape index (κ3) is 4.66. The summed E-state index contributed by atoms with van der Waals surface area (Å²) in [6, 6.07) is 7.81. The molecule has 1 aromatic heterocycles. The number of methoxy groups -OCH3 is 2. The van der Waals surface area contributed by atoms with Crippen LogP contribution < -0.4 is 25.6 Å². The van der Waals surface area contributed by atoms with Gasteiger partial charge in [0.2, 0.25) is 5.75 Å². The normalized spacial score (nSPS) is 10.6. The van der Waals surface area contributed by atoms with Crippen molar-refractivity contribution >= 4 is 22.8 Å². The van der Waals surface area contributed by atoms with Gasteiger partial charge in [-0.3, -0.25) is 4.79 Å². The molecular weight excluding hydrogens is 418 g/mol. The summed E-state index contributed by atoms with van der Waals surface area (Å²) in [5.41, 5.74) is 7.52. The molecule has 0 spiro atoms. The number of ether oxygens (including phenoxy) is 4. The lowest BCUT2D eigenvalue weighted by atomic mass is 10.0. The fourth-order valence-corrected chi connectivity index (χ4v) is 3.15. The summed E-state index contributed by atoms with van der Waals surface area (Å²) in [5, 5.41) is 0.686. The maximum absolute atomic E-state index is 12.7. The minimum atomic E-state index is -0.678. The number of carbonyl (C=O) groups excluding carboxylic acids is 2. The van der Waals surface area contributed by atoms with Crippen molar-refractivity contribution in [2.45, 2.75) is 20.5 Å². The molecule has 1 heterocycles. The van der Waals surface area contributed by atoms with Gasteiger partial charge in [-0.2, -0.15) is 0 Å². The van der Waals surface area contributed by atoms with E-state index in [1.165, 1.54) is 32.4 Å². The van der Waals surface area contributed by atoms with Gasteiger partial charge in [-0.05, 0) is 37.1 Å². The number of hydrogen-bond acceptors (Lipinski definition) is 8. The van der Waals surface area contributed by atoms with Crippen molar-refractivity contribution in [1.82, 2.24) is 0 Å². The monoisotopic (exact) mass is 441 g/mol. The van der Waals surface area contributed by atoms with Crippen molar-refractivity contribution in [3.63, 3.8) is 0 Å². The lowest BCUT2D eigenvalue weighted by molar-refractivity contribution is -0.120. The number of fused-ring (bicyclic) bond motifs is 1. The minimum absolute atomic E-state index is 0.128. The Labute approximate surface area is 183 Å². The zero-order chi connectivity index (χ0) is 23.4. The van der Waals surface area contributed by atoms with Crippen molar-refractivity contribution in [2.24, 2.45) is 5.73 Å². The van der Waals surface area contributed by atoms with Crippen LogP contribution in [-0.2, 0) is 16.1 Å². The Morgan fingerprint density at radius 1 is 1.03 bits per heavy atom. The van der Waals surface area contributed by atoms with E-state index in [9.17, 15) is 14.4 Å². The SMILES string of the molecule is COc1cc(C(=O)OCc2cc(=O)oc3c(C)c(C)ccc23)cc(OC)c1OCC(N)=O. The van der Waals surface area contributed by atoms with Crippen LogP contribution in [0.15, 0.2) is 39.5 Å². The number of esters is 1. The van der Waals surface area contributed by atoms with Gasteiger partial charge in [0.25, 0.3) is 5.91 Å². The number of primary amides is 1. The Kier molecular flexibility index (Phi) is 6.67. The number of benzene rings is 2. The van der Waals surface area contributed by atoms with E-state index in [-0.39, 0.29) is 36.0 Å². The molecule has 0 bridgehead atoms. The van der Waals surface area contributed by atoms with Crippen molar-refractivity contribution in [1.29, 1.82) is 0 Å². The first-order valence-corrected chi connectivity index (χ1v) is 9.62. The third-order valence-electron chi connectivity index (χ3n) is 4.93. The van der Waals surface area contributed by atoms with Crippen LogP contribution in [0.25, 0.3) is 11.0 Å². The average Bonchev–Trinajstić information content (AvgIpc) is 2.77. The van der Waals surface area contributed by atoms with Crippen LogP contribution in [0.1, 0.15) is 27.0 Å². The summed E-state index contributed by atoms with van der Waals surface area (Å²) in [5.74, 6) is -0.900. The molecule has 0 aliphatic heterocycles. The predicted octanol–water partition coefficient (Wildman–Crippen LogP) is 2.65. The molecule has 3 rings (SSSR count). The second-order valence-corrected chi connectivity index (χ2v) is 7.02. The molecule has 0 aliphatic carbocycles. The van der Waals surface area contributed by atoms with Gasteiger partial charge in [0.1, 0.15) is 12.2 Å². The Hall–Kier alpha value is -4.01. The quantitative estimate of drug-likeness (QED) is 0.417. The van der Waals surface area contributed by atoms with Crippen LogP contribution >= 0.6 is 0 Å². The van der Waals surface area contributed by atoms with Gasteiger partial charge in [0, 0.05) is 17.0 Å². The molecule has 9 nitrogen and oxygen atoms in total. The summed E-state index contributed by atoms with van der Waals surface area (Å²) in [7, 11) is 2.75. The predicted molar refractivity (Wildman–Crippen MR) is 115 cm³/mol. The fourth-order valence-electron chi connectivity index (χ4n) is 3.15. The smallest absolute Gasteiger partial charge is 0.338 e. The van der Waals surface area contributed by atoms with E-state index in [1.807, 2.05) is 26.0 Å². The van der Waals surface area contributed by atoms with Crippen molar-refractivity contribution in [3.8, 4) is 17.2 Å². The van der Waals surface area contributed by atoms with Crippen LogP contribution in [0, 0.1) is 13.8 Å². The second-order valence-electron chi connectivity index (χ2n) is 7.02. The minimum Gasteiger partial charge on any atom is -0.493 e. The Morgan fingerprint density at radius 3 is 2.28 bits per heavy atom. The summed E-state index contributed by atoms with van der Waals surface area (Å²) >= 11 is 0. The van der Waals surface area contributed by atoms with Gasteiger partial charge in [0.15, 0.2) is 18.1 Å². The van der Waals surface area contributed by atoms with E-state index < -0.39 is 17.5 Å². The van der Waals surface area contributed by atoms with Crippen LogP contribution in [-0.4, -0.2) is 32.7 Å². The van der Waals surface area contributed by atoms with Gasteiger partial charge < -0.3 is 29.1 Å². The maximum atomic E-state index is 12.7. The van der Waals surface area contributed by atoms with Gasteiger partial charge in [0.05, 0.1) is 19.8 Å². The van der Waals surface area contributed by atoms with Gasteiger partial charge in [-0.25, -0.2) is 9.59 Å². The molecule has 168 valence electrons. The highest BCUT2D eigenvalue weighted by atomic mass is 16.5. The van der Waals surface area contributed by atoms with Crippen LogP contribution in [0.5, 0.6) is 17.2 Å². The highest BCUT2D eigenvalue weighted by Crippen LogP contribution is 2.38. The molecule has 0 atom stereocenters. The van der Waals surface area contributed by atoms with Crippen molar-refractivity contribution in [3.05, 3.63) is 63.0 Å². The molecule has 0 saturated heterocycles. The number of amides is 1. The summed E-state index contributed by atoms with van der Waals surface area (Å²) < 4.78 is 26.6. The number of rotatable bonds is 8. The van der Waals surface area contributed by atoms with Crippen LogP contribution in [0.2, 0.25) is 0 Å². The number of carbonyl (C=O) groups is 2. The van der Waals surface area contributed by atoms with Crippen molar-refractivity contribution < 1.29 is 33.0 Å². The number of hydrogen-bond donors (Lipinski definition) is 1. The molecule has 0 fully saturated rings. The number of nitrogens with two attached hydrogens (primary N) is 1. The first-order valence-electron chi connectivity index (χ1n) is 9.62. The maximum Gasteiger partial charge on any atom is 0.338 e. The summed E-state index contributed by atoms with van der Waals surface area (Å²) in [6.45, 7) is 3.24. The van der Waals surface area contributed by atoms with E-state index in [1.54, 1.807) is 0 Å². The molecule has 9 heteroatoms. The third-order valence-corrected chi connectivity index (χ3v) is 4.93. The highest BCUT2D eigenvalue weighted by molar-refractivity contribution is 5.91. The Bertz CT molecular complexity index is 1220. The van der Waals surface area contributed by atoms with E-state index in [0.29, 0.717) is 16.5 Å². The zero-order valence-electron chi connectivity index (χ0n) is 18.1. The molecule has 0 aliphatic rings. The Morgan fingerprint density at radius 2 is 1.69 bits per heavy atom. The molecule has 0 unspecified atom stereocenters. The Balaban J connectivity index is 1.89. The second kappa shape index (κ2) is 9.42. The number of aryl methyl sites for hydroxylation is 2. The summed E-state index contributed by atoms with van der Waals surface area (Å²) in [6.07, 6.45) is 0. The van der Waals surface area contributed by atoms with E-state index >= 15 is 0 Å². The lowest BCUT2D eigenvalue weighted by Crippen LogP contribution is -2.20.